The van der Waals surface area contributed by atoms with Gasteiger partial charge in [-0.1, -0.05) is 0 Å². The molecular weight excluding hydrogens is 186 g/mol. The summed E-state index contributed by atoms with van der Waals surface area (Å²) in [7, 11) is 0. The van der Waals surface area contributed by atoms with Gasteiger partial charge in [0, 0.05) is 4.88 Å². The highest BCUT2D eigenvalue weighted by Crippen LogP contribution is 2.30. The number of aromatic nitrogens is 1. The highest BCUT2D eigenvalue weighted by molar-refractivity contribution is 7.11. The summed E-state index contributed by atoms with van der Waals surface area (Å²) in [6.07, 6.45) is -0.370. The van der Waals surface area contributed by atoms with Gasteiger partial charge in [-0.05, 0) is 13.8 Å². The zero-order valence-corrected chi connectivity index (χ0v) is 8.60. The molecule has 2 unspecified atom stereocenters. The molecular formula is C9H13NO2S. The Morgan fingerprint density at radius 2 is 2.23 bits per heavy atom. The van der Waals surface area contributed by atoms with Gasteiger partial charge in [-0.2, -0.15) is 0 Å². The van der Waals surface area contributed by atoms with Crippen LogP contribution in [-0.4, -0.2) is 29.4 Å². The van der Waals surface area contributed by atoms with Gasteiger partial charge >= 0.3 is 0 Å². The van der Waals surface area contributed by atoms with Crippen LogP contribution in [0.5, 0.6) is 0 Å². The molecule has 0 aromatic carbocycles. The molecule has 2 rings (SSSR count). The molecule has 0 saturated carbocycles. The van der Waals surface area contributed by atoms with Crippen molar-refractivity contribution in [1.82, 2.24) is 4.98 Å². The minimum absolute atomic E-state index is 0.0948. The Morgan fingerprint density at radius 1 is 1.46 bits per heavy atom. The lowest BCUT2D eigenvalue weighted by molar-refractivity contribution is 0.124. The quantitative estimate of drug-likeness (QED) is 0.740. The zero-order valence-electron chi connectivity index (χ0n) is 7.78. The van der Waals surface area contributed by atoms with E-state index in [1.807, 2.05) is 6.92 Å². The molecule has 1 N–H and O–H groups in total. The fourth-order valence-electron chi connectivity index (χ4n) is 1.43. The molecule has 4 heteroatoms. The first-order valence-electron chi connectivity index (χ1n) is 4.38. The van der Waals surface area contributed by atoms with Crippen LogP contribution in [0.1, 0.15) is 21.5 Å². The maximum Gasteiger partial charge on any atom is 0.101 e. The SMILES string of the molecule is Cc1nc(C2COCC2O)sc1C. The van der Waals surface area contributed by atoms with E-state index in [0.717, 1.165) is 10.7 Å². The first kappa shape index (κ1) is 9.12. The predicted octanol–water partition coefficient (Wildman–Crippen LogP) is 1.23. The maximum absolute atomic E-state index is 9.58. The van der Waals surface area contributed by atoms with Gasteiger partial charge in [0.05, 0.1) is 30.9 Å². The first-order valence-corrected chi connectivity index (χ1v) is 5.20. The molecule has 1 aliphatic heterocycles. The third-order valence-electron chi connectivity index (χ3n) is 2.41. The van der Waals surface area contributed by atoms with Crippen LogP contribution in [0.15, 0.2) is 0 Å². The molecule has 1 saturated heterocycles. The van der Waals surface area contributed by atoms with E-state index >= 15 is 0 Å². The van der Waals surface area contributed by atoms with Gasteiger partial charge in [0.15, 0.2) is 0 Å². The average molecular weight is 199 g/mol. The largest absolute Gasteiger partial charge is 0.390 e. The third-order valence-corrected chi connectivity index (χ3v) is 3.62. The van der Waals surface area contributed by atoms with Crippen molar-refractivity contribution >= 4 is 11.3 Å². The molecule has 2 heterocycles. The number of ether oxygens (including phenoxy) is 1. The van der Waals surface area contributed by atoms with Crippen LogP contribution in [0.2, 0.25) is 0 Å². The van der Waals surface area contributed by atoms with Crippen molar-refractivity contribution < 1.29 is 9.84 Å². The third kappa shape index (κ3) is 1.61. The number of thiazole rings is 1. The molecule has 1 fully saturated rings. The second-order valence-electron chi connectivity index (χ2n) is 3.40. The Labute approximate surface area is 81.4 Å². The predicted molar refractivity (Wildman–Crippen MR) is 51.2 cm³/mol. The summed E-state index contributed by atoms with van der Waals surface area (Å²) < 4.78 is 5.19. The van der Waals surface area contributed by atoms with E-state index in [9.17, 15) is 5.11 Å². The lowest BCUT2D eigenvalue weighted by atomic mass is 10.1. The maximum atomic E-state index is 9.58. The van der Waals surface area contributed by atoms with Crippen LogP contribution in [0.25, 0.3) is 0 Å². The van der Waals surface area contributed by atoms with Crippen molar-refractivity contribution in [1.29, 1.82) is 0 Å². The molecule has 0 radical (unpaired) electrons. The van der Waals surface area contributed by atoms with Gasteiger partial charge < -0.3 is 9.84 Å². The van der Waals surface area contributed by atoms with E-state index < -0.39 is 0 Å². The van der Waals surface area contributed by atoms with Crippen molar-refractivity contribution in [2.75, 3.05) is 13.2 Å². The monoisotopic (exact) mass is 199 g/mol. The highest BCUT2D eigenvalue weighted by Gasteiger charge is 2.30. The van der Waals surface area contributed by atoms with E-state index in [0.29, 0.717) is 13.2 Å². The van der Waals surface area contributed by atoms with Crippen LogP contribution in [0.4, 0.5) is 0 Å². The van der Waals surface area contributed by atoms with Crippen LogP contribution in [-0.2, 0) is 4.74 Å². The fraction of sp³-hybridized carbons (Fsp3) is 0.667. The molecule has 0 bridgehead atoms. The number of aliphatic hydroxyl groups excluding tert-OH is 1. The molecule has 72 valence electrons. The summed E-state index contributed by atoms with van der Waals surface area (Å²) in [4.78, 5) is 5.65. The summed E-state index contributed by atoms with van der Waals surface area (Å²) in [5, 5.41) is 10.6. The Bertz CT molecular complexity index is 291. The lowest BCUT2D eigenvalue weighted by Gasteiger charge is -2.07. The molecule has 0 aliphatic carbocycles. The molecule has 1 aromatic rings. The van der Waals surface area contributed by atoms with Crippen molar-refractivity contribution in [2.45, 2.75) is 25.9 Å². The Hall–Kier alpha value is -0.450. The Kier molecular flexibility index (Phi) is 2.36. The smallest absolute Gasteiger partial charge is 0.101 e. The number of nitrogens with zero attached hydrogens (tertiary/aromatic N) is 1. The summed E-state index contributed by atoms with van der Waals surface area (Å²) >= 11 is 1.66. The molecule has 1 aromatic heterocycles. The molecule has 1 aliphatic rings. The number of rotatable bonds is 1. The van der Waals surface area contributed by atoms with Crippen LogP contribution < -0.4 is 0 Å². The summed E-state index contributed by atoms with van der Waals surface area (Å²) in [6, 6.07) is 0. The lowest BCUT2D eigenvalue weighted by Crippen LogP contribution is -2.15. The number of aliphatic hydroxyl groups is 1. The standard InChI is InChI=1S/C9H13NO2S/c1-5-6(2)13-9(10-5)7-3-12-4-8(7)11/h7-8,11H,3-4H2,1-2H3. The number of hydrogen-bond donors (Lipinski definition) is 1. The summed E-state index contributed by atoms with van der Waals surface area (Å²) in [5.74, 6) is 0.0948. The van der Waals surface area contributed by atoms with Gasteiger partial charge in [0.25, 0.3) is 0 Å². The molecule has 13 heavy (non-hydrogen) atoms. The second-order valence-corrected chi connectivity index (χ2v) is 4.64. The van der Waals surface area contributed by atoms with Gasteiger partial charge in [0.2, 0.25) is 0 Å². The normalized spacial score (nSPS) is 28.2. The van der Waals surface area contributed by atoms with Crippen molar-refractivity contribution in [3.8, 4) is 0 Å². The van der Waals surface area contributed by atoms with Gasteiger partial charge in [0.1, 0.15) is 5.01 Å². The van der Waals surface area contributed by atoms with Gasteiger partial charge in [-0.15, -0.1) is 11.3 Å². The van der Waals surface area contributed by atoms with Gasteiger partial charge in [-0.25, -0.2) is 4.98 Å². The van der Waals surface area contributed by atoms with Crippen molar-refractivity contribution in [2.24, 2.45) is 0 Å². The molecule has 3 nitrogen and oxygen atoms in total. The highest BCUT2D eigenvalue weighted by atomic mass is 32.1. The topological polar surface area (TPSA) is 42.4 Å². The van der Waals surface area contributed by atoms with Crippen LogP contribution in [0.3, 0.4) is 0 Å². The fourth-order valence-corrected chi connectivity index (χ4v) is 2.50. The van der Waals surface area contributed by atoms with Crippen molar-refractivity contribution in [3.05, 3.63) is 15.6 Å². The average Bonchev–Trinajstić information content (AvgIpc) is 2.60. The summed E-state index contributed by atoms with van der Waals surface area (Å²) in [6.45, 7) is 5.10. The van der Waals surface area contributed by atoms with E-state index in [2.05, 4.69) is 11.9 Å². The van der Waals surface area contributed by atoms with Gasteiger partial charge in [-0.3, -0.25) is 0 Å². The second kappa shape index (κ2) is 3.36. The van der Waals surface area contributed by atoms with Crippen LogP contribution >= 0.6 is 11.3 Å². The minimum atomic E-state index is -0.370. The van der Waals surface area contributed by atoms with E-state index in [1.165, 1.54) is 4.88 Å². The minimum Gasteiger partial charge on any atom is -0.390 e. The molecule has 0 amide bonds. The van der Waals surface area contributed by atoms with E-state index in [-0.39, 0.29) is 12.0 Å². The Morgan fingerprint density at radius 3 is 2.69 bits per heavy atom. The zero-order chi connectivity index (χ0) is 9.42. The number of aryl methyl sites for hydroxylation is 2. The Balaban J connectivity index is 2.24. The summed E-state index contributed by atoms with van der Waals surface area (Å²) in [5.41, 5.74) is 1.07. The van der Waals surface area contributed by atoms with E-state index in [4.69, 9.17) is 4.74 Å². The van der Waals surface area contributed by atoms with Crippen LogP contribution in [0, 0.1) is 13.8 Å². The first-order chi connectivity index (χ1) is 6.18. The van der Waals surface area contributed by atoms with E-state index in [1.54, 1.807) is 11.3 Å². The molecule has 2 atom stereocenters. The van der Waals surface area contributed by atoms with Crippen molar-refractivity contribution in [3.63, 3.8) is 0 Å². The molecule has 0 spiro atoms. The number of hydrogen-bond acceptors (Lipinski definition) is 4.